The summed E-state index contributed by atoms with van der Waals surface area (Å²) in [5.74, 6) is 0.669. The van der Waals surface area contributed by atoms with Gasteiger partial charge >= 0.3 is 6.03 Å². The number of likely N-dealkylation sites (tertiary alicyclic amines) is 1. The van der Waals surface area contributed by atoms with Crippen molar-refractivity contribution in [2.45, 2.75) is 52.0 Å². The molecule has 2 amide bonds. The summed E-state index contributed by atoms with van der Waals surface area (Å²) in [6.07, 6.45) is 5.79. The number of carbonyl (C=O) groups is 1. The van der Waals surface area contributed by atoms with E-state index < -0.39 is 0 Å². The van der Waals surface area contributed by atoms with Crippen molar-refractivity contribution in [1.29, 1.82) is 0 Å². The van der Waals surface area contributed by atoms with Gasteiger partial charge in [0, 0.05) is 24.5 Å². The Hall–Kier alpha value is -0.770. The monoisotopic (exact) mass is 254 g/mol. The molecule has 4 heteroatoms. The average molecular weight is 254 g/mol. The lowest BCUT2D eigenvalue weighted by Crippen LogP contribution is -2.53. The van der Waals surface area contributed by atoms with Gasteiger partial charge in [-0.25, -0.2) is 4.79 Å². The number of carbonyl (C=O) groups excluding carboxylic acids is 1. The van der Waals surface area contributed by atoms with E-state index in [1.807, 2.05) is 4.90 Å². The number of hydrogen-bond acceptors (Lipinski definition) is 2. The second kappa shape index (κ2) is 5.47. The smallest absolute Gasteiger partial charge is 0.317 e. The summed E-state index contributed by atoms with van der Waals surface area (Å²) in [5.41, 5.74) is -0.116. The van der Waals surface area contributed by atoms with Gasteiger partial charge in [0.15, 0.2) is 0 Å². The fraction of sp³-hybridized carbons (Fsp3) is 0.929. The molecule has 1 aliphatic heterocycles. The number of aliphatic hydroxyl groups excluding tert-OH is 1. The second-order valence-corrected chi connectivity index (χ2v) is 6.42. The van der Waals surface area contributed by atoms with Gasteiger partial charge in [-0.1, -0.05) is 13.3 Å². The number of aliphatic hydroxyl groups is 1. The number of piperidine rings is 1. The summed E-state index contributed by atoms with van der Waals surface area (Å²) in [6.45, 7) is 5.82. The molecule has 2 N–H and O–H groups in total. The first kappa shape index (κ1) is 13.7. The Morgan fingerprint density at radius 1 is 1.50 bits per heavy atom. The Kier molecular flexibility index (Phi) is 4.15. The molecule has 2 aliphatic rings. The van der Waals surface area contributed by atoms with Crippen molar-refractivity contribution in [2.75, 3.05) is 19.7 Å². The maximum absolute atomic E-state index is 12.2. The molecule has 0 aromatic rings. The molecule has 0 spiro atoms. The van der Waals surface area contributed by atoms with Crippen LogP contribution in [0.5, 0.6) is 0 Å². The Morgan fingerprint density at radius 3 is 2.78 bits per heavy atom. The Bertz CT molecular complexity index is 304. The Balaban J connectivity index is 1.84. The van der Waals surface area contributed by atoms with Gasteiger partial charge in [-0.2, -0.15) is 0 Å². The van der Waals surface area contributed by atoms with E-state index >= 15 is 0 Å². The van der Waals surface area contributed by atoms with E-state index in [9.17, 15) is 9.90 Å². The van der Waals surface area contributed by atoms with Crippen molar-refractivity contribution < 1.29 is 9.90 Å². The SMILES string of the molecule is CC(NC(=O)N1CCCC(C)(CO)C1)C1CCC1. The predicted molar refractivity (Wildman–Crippen MR) is 71.3 cm³/mol. The van der Waals surface area contributed by atoms with Crippen LogP contribution in [0.4, 0.5) is 4.79 Å². The van der Waals surface area contributed by atoms with Crippen molar-refractivity contribution in [1.82, 2.24) is 10.2 Å². The molecule has 0 radical (unpaired) electrons. The molecule has 0 aromatic carbocycles. The van der Waals surface area contributed by atoms with Crippen LogP contribution in [-0.4, -0.2) is 41.8 Å². The van der Waals surface area contributed by atoms with Gasteiger partial charge in [0.25, 0.3) is 0 Å². The van der Waals surface area contributed by atoms with Crippen LogP contribution < -0.4 is 5.32 Å². The van der Waals surface area contributed by atoms with Crippen molar-refractivity contribution >= 4 is 6.03 Å². The van der Waals surface area contributed by atoms with Crippen LogP contribution in [0.3, 0.4) is 0 Å². The van der Waals surface area contributed by atoms with Gasteiger partial charge < -0.3 is 15.3 Å². The van der Waals surface area contributed by atoms with Gasteiger partial charge in [0.1, 0.15) is 0 Å². The van der Waals surface area contributed by atoms with Crippen molar-refractivity contribution in [3.05, 3.63) is 0 Å². The highest BCUT2D eigenvalue weighted by atomic mass is 16.3. The van der Waals surface area contributed by atoms with E-state index in [1.165, 1.54) is 19.3 Å². The quantitative estimate of drug-likeness (QED) is 0.809. The molecule has 0 bridgehead atoms. The highest BCUT2D eigenvalue weighted by Gasteiger charge is 2.33. The van der Waals surface area contributed by atoms with Gasteiger partial charge in [-0.15, -0.1) is 0 Å². The maximum atomic E-state index is 12.2. The largest absolute Gasteiger partial charge is 0.396 e. The zero-order chi connectivity index (χ0) is 13.2. The normalized spacial score (nSPS) is 30.7. The van der Waals surface area contributed by atoms with E-state index in [2.05, 4.69) is 19.2 Å². The molecule has 4 nitrogen and oxygen atoms in total. The number of amides is 2. The van der Waals surface area contributed by atoms with Crippen molar-refractivity contribution in [2.24, 2.45) is 11.3 Å². The van der Waals surface area contributed by atoms with Crippen LogP contribution in [0.25, 0.3) is 0 Å². The van der Waals surface area contributed by atoms with Gasteiger partial charge in [0.05, 0.1) is 6.61 Å². The fourth-order valence-corrected chi connectivity index (χ4v) is 2.96. The summed E-state index contributed by atoms with van der Waals surface area (Å²) >= 11 is 0. The molecule has 104 valence electrons. The molecule has 1 heterocycles. The number of rotatable bonds is 3. The molecule has 0 aromatic heterocycles. The van der Waals surface area contributed by atoms with E-state index in [0.717, 1.165) is 19.4 Å². The molecular formula is C14H26N2O2. The third-order valence-corrected chi connectivity index (χ3v) is 4.66. The summed E-state index contributed by atoms with van der Waals surface area (Å²) in [4.78, 5) is 14.1. The molecule has 1 saturated carbocycles. The summed E-state index contributed by atoms with van der Waals surface area (Å²) < 4.78 is 0. The van der Waals surface area contributed by atoms with E-state index in [0.29, 0.717) is 12.5 Å². The van der Waals surface area contributed by atoms with Crippen LogP contribution in [0.1, 0.15) is 46.0 Å². The third kappa shape index (κ3) is 2.97. The van der Waals surface area contributed by atoms with Gasteiger partial charge in [0.2, 0.25) is 0 Å². The Morgan fingerprint density at radius 2 is 2.22 bits per heavy atom. The first-order valence-corrected chi connectivity index (χ1v) is 7.20. The molecule has 2 rings (SSSR count). The number of nitrogens with zero attached hydrogens (tertiary/aromatic N) is 1. The second-order valence-electron chi connectivity index (χ2n) is 6.42. The minimum absolute atomic E-state index is 0.0498. The minimum Gasteiger partial charge on any atom is -0.396 e. The minimum atomic E-state index is -0.116. The van der Waals surface area contributed by atoms with E-state index in [-0.39, 0.29) is 24.1 Å². The van der Waals surface area contributed by atoms with E-state index in [1.54, 1.807) is 0 Å². The van der Waals surface area contributed by atoms with Crippen LogP contribution in [0.2, 0.25) is 0 Å². The van der Waals surface area contributed by atoms with E-state index in [4.69, 9.17) is 0 Å². The molecule has 18 heavy (non-hydrogen) atoms. The molecule has 1 aliphatic carbocycles. The summed E-state index contributed by atoms with van der Waals surface area (Å²) in [5, 5.41) is 12.5. The molecule has 2 atom stereocenters. The molecule has 2 unspecified atom stereocenters. The maximum Gasteiger partial charge on any atom is 0.317 e. The summed E-state index contributed by atoms with van der Waals surface area (Å²) in [7, 11) is 0. The average Bonchev–Trinajstić information content (AvgIpc) is 2.26. The number of hydrogen-bond donors (Lipinski definition) is 2. The van der Waals surface area contributed by atoms with Crippen LogP contribution in [0.15, 0.2) is 0 Å². The number of urea groups is 1. The standard InChI is InChI=1S/C14H26N2O2/c1-11(12-5-3-6-12)15-13(18)16-8-4-7-14(2,9-16)10-17/h11-12,17H,3-10H2,1-2H3,(H,15,18). The lowest BCUT2D eigenvalue weighted by Gasteiger charge is -2.40. The predicted octanol–water partition coefficient (Wildman–Crippen LogP) is 1.98. The number of nitrogens with one attached hydrogen (secondary N) is 1. The highest BCUT2D eigenvalue weighted by Crippen LogP contribution is 2.31. The molecule has 2 fully saturated rings. The molecule has 1 saturated heterocycles. The van der Waals surface area contributed by atoms with Gasteiger partial charge in [-0.05, 0) is 38.5 Å². The first-order valence-electron chi connectivity index (χ1n) is 7.20. The van der Waals surface area contributed by atoms with Crippen LogP contribution in [-0.2, 0) is 0 Å². The van der Waals surface area contributed by atoms with Crippen LogP contribution >= 0.6 is 0 Å². The van der Waals surface area contributed by atoms with Crippen molar-refractivity contribution in [3.8, 4) is 0 Å². The first-order chi connectivity index (χ1) is 8.54. The lowest BCUT2D eigenvalue weighted by atomic mass is 9.80. The summed E-state index contributed by atoms with van der Waals surface area (Å²) in [6, 6.07) is 0.335. The topological polar surface area (TPSA) is 52.6 Å². The lowest BCUT2D eigenvalue weighted by molar-refractivity contribution is 0.0597. The molecular weight excluding hydrogens is 228 g/mol. The fourth-order valence-electron chi connectivity index (χ4n) is 2.96. The van der Waals surface area contributed by atoms with Crippen LogP contribution in [0, 0.1) is 11.3 Å². The zero-order valence-electron chi connectivity index (χ0n) is 11.6. The zero-order valence-corrected chi connectivity index (χ0v) is 11.6. The van der Waals surface area contributed by atoms with Gasteiger partial charge in [-0.3, -0.25) is 0 Å². The Labute approximate surface area is 110 Å². The van der Waals surface area contributed by atoms with Crippen molar-refractivity contribution in [3.63, 3.8) is 0 Å². The highest BCUT2D eigenvalue weighted by molar-refractivity contribution is 5.74. The third-order valence-electron chi connectivity index (χ3n) is 4.66.